The second-order valence-corrected chi connectivity index (χ2v) is 5.10. The van der Waals surface area contributed by atoms with E-state index in [1.54, 1.807) is 0 Å². The quantitative estimate of drug-likeness (QED) is 0.580. The fourth-order valence-corrected chi connectivity index (χ4v) is 1.98. The Kier molecular flexibility index (Phi) is 7.96. The maximum absolute atomic E-state index is 11.5. The molecule has 1 rings (SSSR count). The first-order valence-corrected chi connectivity index (χ1v) is 6.92. The summed E-state index contributed by atoms with van der Waals surface area (Å²) in [7, 11) is 4.08. The molecule has 5 nitrogen and oxygen atoms in total. The van der Waals surface area contributed by atoms with Crippen LogP contribution < -0.4 is 10.6 Å². The van der Waals surface area contributed by atoms with Crippen molar-refractivity contribution in [2.75, 3.05) is 46.9 Å². The van der Waals surface area contributed by atoms with Crippen LogP contribution in [0.2, 0.25) is 0 Å². The highest BCUT2D eigenvalue weighted by atomic mass is 16.5. The lowest BCUT2D eigenvalue weighted by molar-refractivity contribution is -0.121. The Balaban J connectivity index is 1.87. The van der Waals surface area contributed by atoms with E-state index in [2.05, 4.69) is 15.5 Å². The molecule has 1 heterocycles. The molecule has 0 aromatic heterocycles. The Hall–Kier alpha value is -0.650. The van der Waals surface area contributed by atoms with Crippen LogP contribution in [0.5, 0.6) is 0 Å². The molecule has 106 valence electrons. The van der Waals surface area contributed by atoms with Crippen molar-refractivity contribution in [3.8, 4) is 0 Å². The van der Waals surface area contributed by atoms with E-state index in [4.69, 9.17) is 4.74 Å². The van der Waals surface area contributed by atoms with Crippen LogP contribution in [0.4, 0.5) is 0 Å². The minimum atomic E-state index is 0.133. The predicted octanol–water partition coefficient (Wildman–Crippen LogP) is 0.213. The lowest BCUT2D eigenvalue weighted by Crippen LogP contribution is -2.32. The van der Waals surface area contributed by atoms with Crippen molar-refractivity contribution >= 4 is 5.91 Å². The van der Waals surface area contributed by atoms with Crippen molar-refractivity contribution in [2.45, 2.75) is 31.8 Å². The lowest BCUT2D eigenvalue weighted by atomic mass is 10.2. The van der Waals surface area contributed by atoms with Crippen LogP contribution in [0.1, 0.15) is 25.7 Å². The van der Waals surface area contributed by atoms with Gasteiger partial charge in [-0.1, -0.05) is 0 Å². The first-order chi connectivity index (χ1) is 8.68. The monoisotopic (exact) mass is 257 g/mol. The lowest BCUT2D eigenvalue weighted by Gasteiger charge is -2.11. The summed E-state index contributed by atoms with van der Waals surface area (Å²) in [5.41, 5.74) is 0. The number of rotatable bonds is 9. The summed E-state index contributed by atoms with van der Waals surface area (Å²) in [6, 6.07) is 0. The van der Waals surface area contributed by atoms with Gasteiger partial charge in [0.2, 0.25) is 5.91 Å². The highest BCUT2D eigenvalue weighted by Crippen LogP contribution is 2.10. The molecule has 18 heavy (non-hydrogen) atoms. The summed E-state index contributed by atoms with van der Waals surface area (Å²) in [6.07, 6.45) is 4.22. The first-order valence-electron chi connectivity index (χ1n) is 6.92. The first kappa shape index (κ1) is 15.4. The molecule has 0 aromatic carbocycles. The molecule has 1 saturated heterocycles. The highest BCUT2D eigenvalue weighted by molar-refractivity contribution is 5.75. The maximum atomic E-state index is 11.5. The Bertz CT molecular complexity index is 228. The second kappa shape index (κ2) is 9.30. The van der Waals surface area contributed by atoms with E-state index in [-0.39, 0.29) is 5.91 Å². The normalized spacial score (nSPS) is 19.4. The molecule has 0 radical (unpaired) electrons. The zero-order chi connectivity index (χ0) is 13.2. The predicted molar refractivity (Wildman–Crippen MR) is 72.6 cm³/mol. The van der Waals surface area contributed by atoms with Crippen molar-refractivity contribution < 1.29 is 9.53 Å². The Morgan fingerprint density at radius 1 is 1.39 bits per heavy atom. The topological polar surface area (TPSA) is 53.6 Å². The summed E-state index contributed by atoms with van der Waals surface area (Å²) in [5.74, 6) is 0.133. The molecule has 5 heteroatoms. The average molecular weight is 257 g/mol. The summed E-state index contributed by atoms with van der Waals surface area (Å²) in [4.78, 5) is 13.6. The molecule has 0 saturated carbocycles. The zero-order valence-electron chi connectivity index (χ0n) is 11.7. The molecule has 1 atom stereocenters. The van der Waals surface area contributed by atoms with E-state index in [0.717, 1.165) is 45.6 Å². The van der Waals surface area contributed by atoms with Gasteiger partial charge in [-0.15, -0.1) is 0 Å². The fraction of sp³-hybridized carbons (Fsp3) is 0.923. The standard InChI is InChI=1S/C13H27N3O2/c1-16(2)9-4-7-15-13(17)6-8-14-11-12-5-3-10-18-12/h12,14H,3-11H2,1-2H3,(H,15,17). The molecule has 0 spiro atoms. The maximum Gasteiger partial charge on any atom is 0.221 e. The summed E-state index contributed by atoms with van der Waals surface area (Å²) in [5, 5.41) is 6.20. The molecule has 1 fully saturated rings. The largest absolute Gasteiger partial charge is 0.377 e. The van der Waals surface area contributed by atoms with Gasteiger partial charge in [-0.3, -0.25) is 4.79 Å². The van der Waals surface area contributed by atoms with Gasteiger partial charge in [-0.05, 0) is 39.9 Å². The van der Waals surface area contributed by atoms with E-state index in [0.29, 0.717) is 12.5 Å². The number of hydrogen-bond donors (Lipinski definition) is 2. The van der Waals surface area contributed by atoms with Crippen LogP contribution in [0.25, 0.3) is 0 Å². The van der Waals surface area contributed by atoms with Gasteiger partial charge in [0.15, 0.2) is 0 Å². The molecular weight excluding hydrogens is 230 g/mol. The van der Waals surface area contributed by atoms with Gasteiger partial charge in [0.25, 0.3) is 0 Å². The number of ether oxygens (including phenoxy) is 1. The smallest absolute Gasteiger partial charge is 0.221 e. The van der Waals surface area contributed by atoms with Crippen molar-refractivity contribution in [3.63, 3.8) is 0 Å². The van der Waals surface area contributed by atoms with Crippen LogP contribution in [0, 0.1) is 0 Å². The van der Waals surface area contributed by atoms with E-state index >= 15 is 0 Å². The van der Waals surface area contributed by atoms with Crippen molar-refractivity contribution in [1.82, 2.24) is 15.5 Å². The molecule has 2 N–H and O–H groups in total. The Morgan fingerprint density at radius 2 is 2.22 bits per heavy atom. The number of nitrogens with zero attached hydrogens (tertiary/aromatic N) is 1. The van der Waals surface area contributed by atoms with Gasteiger partial charge in [0.05, 0.1) is 6.10 Å². The molecule has 1 aliphatic heterocycles. The van der Waals surface area contributed by atoms with Gasteiger partial charge in [-0.25, -0.2) is 0 Å². The molecule has 1 aliphatic rings. The van der Waals surface area contributed by atoms with Crippen LogP contribution in [-0.2, 0) is 9.53 Å². The number of amides is 1. The van der Waals surface area contributed by atoms with Crippen molar-refractivity contribution in [2.24, 2.45) is 0 Å². The van der Waals surface area contributed by atoms with Gasteiger partial charge < -0.3 is 20.3 Å². The Morgan fingerprint density at radius 3 is 2.89 bits per heavy atom. The SMILES string of the molecule is CN(C)CCCNC(=O)CCNCC1CCCO1. The van der Waals surface area contributed by atoms with Crippen LogP contribution in [-0.4, -0.2) is 63.8 Å². The molecular formula is C13H27N3O2. The molecule has 1 amide bonds. The van der Waals surface area contributed by atoms with Gasteiger partial charge in [0.1, 0.15) is 0 Å². The molecule has 0 bridgehead atoms. The number of carbonyl (C=O) groups excluding carboxylic acids is 1. The summed E-state index contributed by atoms with van der Waals surface area (Å²) in [6.45, 7) is 4.27. The zero-order valence-corrected chi connectivity index (χ0v) is 11.7. The minimum absolute atomic E-state index is 0.133. The van der Waals surface area contributed by atoms with Crippen molar-refractivity contribution in [3.05, 3.63) is 0 Å². The van der Waals surface area contributed by atoms with Crippen LogP contribution in [0.3, 0.4) is 0 Å². The highest BCUT2D eigenvalue weighted by Gasteiger charge is 2.14. The molecule has 0 aromatic rings. The van der Waals surface area contributed by atoms with E-state index < -0.39 is 0 Å². The fourth-order valence-electron chi connectivity index (χ4n) is 1.98. The molecule has 1 unspecified atom stereocenters. The van der Waals surface area contributed by atoms with Crippen LogP contribution in [0.15, 0.2) is 0 Å². The molecule has 0 aliphatic carbocycles. The minimum Gasteiger partial charge on any atom is -0.377 e. The van der Waals surface area contributed by atoms with E-state index in [9.17, 15) is 4.79 Å². The van der Waals surface area contributed by atoms with Gasteiger partial charge >= 0.3 is 0 Å². The van der Waals surface area contributed by atoms with Gasteiger partial charge in [-0.2, -0.15) is 0 Å². The number of hydrogen-bond acceptors (Lipinski definition) is 4. The third-order valence-electron chi connectivity index (χ3n) is 3.03. The average Bonchev–Trinajstić information content (AvgIpc) is 2.83. The van der Waals surface area contributed by atoms with Crippen molar-refractivity contribution in [1.29, 1.82) is 0 Å². The number of nitrogens with one attached hydrogen (secondary N) is 2. The summed E-state index contributed by atoms with van der Waals surface area (Å²) < 4.78 is 5.49. The third kappa shape index (κ3) is 7.63. The summed E-state index contributed by atoms with van der Waals surface area (Å²) >= 11 is 0. The second-order valence-electron chi connectivity index (χ2n) is 5.10. The van der Waals surface area contributed by atoms with Gasteiger partial charge in [0, 0.05) is 32.7 Å². The van der Waals surface area contributed by atoms with E-state index in [1.165, 1.54) is 6.42 Å². The van der Waals surface area contributed by atoms with E-state index in [1.807, 2.05) is 14.1 Å². The Labute approximate surface area is 110 Å². The number of carbonyl (C=O) groups is 1. The van der Waals surface area contributed by atoms with Crippen LogP contribution >= 0.6 is 0 Å². The third-order valence-corrected chi connectivity index (χ3v) is 3.03.